The number of nitrogens with zero attached hydrogens (tertiary/aromatic N) is 2. The van der Waals surface area contributed by atoms with Crippen LogP contribution in [0.4, 0.5) is 0 Å². The average Bonchev–Trinajstić information content (AvgIpc) is 3.08. The van der Waals surface area contributed by atoms with E-state index in [1.54, 1.807) is 0 Å². The summed E-state index contributed by atoms with van der Waals surface area (Å²) < 4.78 is 7.60. The second kappa shape index (κ2) is 6.17. The number of imidazole rings is 1. The third-order valence-corrected chi connectivity index (χ3v) is 3.74. The van der Waals surface area contributed by atoms with Crippen LogP contribution in [0.5, 0.6) is 0 Å². The first-order chi connectivity index (χ1) is 9.43. The maximum Gasteiger partial charge on any atom is 0.0958 e. The highest BCUT2D eigenvalue weighted by atomic mass is 16.5. The fourth-order valence-corrected chi connectivity index (χ4v) is 2.61. The molecule has 1 fully saturated rings. The molecular weight excluding hydrogens is 238 g/mol. The topological polar surface area (TPSA) is 39.1 Å². The van der Waals surface area contributed by atoms with Crippen molar-refractivity contribution in [1.82, 2.24) is 14.9 Å². The Morgan fingerprint density at radius 1 is 1.37 bits per heavy atom. The van der Waals surface area contributed by atoms with Gasteiger partial charge in [0.25, 0.3) is 0 Å². The van der Waals surface area contributed by atoms with Crippen LogP contribution in [0.25, 0.3) is 11.0 Å². The molecule has 1 saturated heterocycles. The number of ether oxygens (including phenoxy) is 1. The van der Waals surface area contributed by atoms with Crippen molar-refractivity contribution < 1.29 is 4.74 Å². The van der Waals surface area contributed by atoms with Gasteiger partial charge in [-0.2, -0.15) is 0 Å². The van der Waals surface area contributed by atoms with Gasteiger partial charge in [0.1, 0.15) is 0 Å². The summed E-state index contributed by atoms with van der Waals surface area (Å²) in [6.45, 7) is 5.04. The summed E-state index contributed by atoms with van der Waals surface area (Å²) in [6.07, 6.45) is 4.28. The predicted molar refractivity (Wildman–Crippen MR) is 76.1 cm³/mol. The van der Waals surface area contributed by atoms with E-state index in [0.29, 0.717) is 5.92 Å². The van der Waals surface area contributed by atoms with E-state index in [4.69, 9.17) is 4.74 Å². The molecule has 0 bridgehead atoms. The molecule has 2 aromatic rings. The molecule has 4 heteroatoms. The third kappa shape index (κ3) is 3.14. The number of hydrogen-bond acceptors (Lipinski definition) is 3. The Kier molecular flexibility index (Phi) is 4.10. The summed E-state index contributed by atoms with van der Waals surface area (Å²) in [5.74, 6) is 0.717. The summed E-state index contributed by atoms with van der Waals surface area (Å²) in [4.78, 5) is 4.41. The number of hydrogen-bond donors (Lipinski definition) is 1. The van der Waals surface area contributed by atoms with Crippen LogP contribution in [0.2, 0.25) is 0 Å². The first kappa shape index (κ1) is 12.6. The third-order valence-electron chi connectivity index (χ3n) is 3.74. The lowest BCUT2D eigenvalue weighted by molar-refractivity contribution is 0.185. The molecule has 19 heavy (non-hydrogen) atoms. The first-order valence-electron chi connectivity index (χ1n) is 7.12. The van der Waals surface area contributed by atoms with Crippen LogP contribution in [-0.2, 0) is 11.3 Å². The zero-order valence-corrected chi connectivity index (χ0v) is 11.2. The van der Waals surface area contributed by atoms with Crippen LogP contribution in [0, 0.1) is 5.92 Å². The van der Waals surface area contributed by atoms with Crippen molar-refractivity contribution in [2.24, 2.45) is 5.92 Å². The van der Waals surface area contributed by atoms with Gasteiger partial charge in [0.15, 0.2) is 0 Å². The number of para-hydroxylation sites is 2. The van der Waals surface area contributed by atoms with Gasteiger partial charge in [-0.15, -0.1) is 0 Å². The second-order valence-electron chi connectivity index (χ2n) is 5.21. The molecule has 1 aliphatic rings. The molecule has 0 spiro atoms. The van der Waals surface area contributed by atoms with Crippen LogP contribution in [0.3, 0.4) is 0 Å². The summed E-state index contributed by atoms with van der Waals surface area (Å²) in [5, 5.41) is 3.52. The van der Waals surface area contributed by atoms with E-state index in [2.05, 4.69) is 33.1 Å². The van der Waals surface area contributed by atoms with Crippen LogP contribution in [0.1, 0.15) is 12.8 Å². The number of nitrogens with one attached hydrogen (secondary N) is 1. The summed E-state index contributed by atoms with van der Waals surface area (Å²) in [7, 11) is 0. The van der Waals surface area contributed by atoms with Gasteiger partial charge in [0, 0.05) is 19.7 Å². The highest BCUT2D eigenvalue weighted by Gasteiger charge is 2.14. The quantitative estimate of drug-likeness (QED) is 0.807. The van der Waals surface area contributed by atoms with Crippen molar-refractivity contribution in [2.45, 2.75) is 19.4 Å². The normalized spacial score (nSPS) is 19.3. The standard InChI is InChI=1S/C15H21N3O/c1-2-5-15-14(4-1)17-12-18(15)8-3-7-16-10-13-6-9-19-11-13/h1-2,4-5,12-13,16H,3,6-11H2. The van der Waals surface area contributed by atoms with E-state index in [1.807, 2.05) is 12.4 Å². The van der Waals surface area contributed by atoms with E-state index >= 15 is 0 Å². The number of benzene rings is 1. The molecule has 0 radical (unpaired) electrons. The Hall–Kier alpha value is -1.39. The van der Waals surface area contributed by atoms with Gasteiger partial charge in [-0.3, -0.25) is 0 Å². The second-order valence-corrected chi connectivity index (χ2v) is 5.21. The molecule has 1 aromatic heterocycles. The first-order valence-corrected chi connectivity index (χ1v) is 7.12. The van der Waals surface area contributed by atoms with Crippen LogP contribution in [0.15, 0.2) is 30.6 Å². The van der Waals surface area contributed by atoms with E-state index in [-0.39, 0.29) is 0 Å². The number of rotatable bonds is 6. The Labute approximate surface area is 113 Å². The number of fused-ring (bicyclic) bond motifs is 1. The molecule has 0 saturated carbocycles. The molecule has 1 atom stereocenters. The Morgan fingerprint density at radius 2 is 2.32 bits per heavy atom. The average molecular weight is 259 g/mol. The zero-order chi connectivity index (χ0) is 12.9. The van der Waals surface area contributed by atoms with Crippen molar-refractivity contribution in [1.29, 1.82) is 0 Å². The van der Waals surface area contributed by atoms with Crippen LogP contribution in [-0.4, -0.2) is 35.9 Å². The fourth-order valence-electron chi connectivity index (χ4n) is 2.61. The molecule has 4 nitrogen and oxygen atoms in total. The van der Waals surface area contributed by atoms with Crippen molar-refractivity contribution in [2.75, 3.05) is 26.3 Å². The van der Waals surface area contributed by atoms with Crippen molar-refractivity contribution in [3.05, 3.63) is 30.6 Å². The van der Waals surface area contributed by atoms with Gasteiger partial charge in [-0.25, -0.2) is 4.98 Å². The largest absolute Gasteiger partial charge is 0.381 e. The highest BCUT2D eigenvalue weighted by molar-refractivity contribution is 5.74. The molecule has 2 heterocycles. The fraction of sp³-hybridized carbons (Fsp3) is 0.533. The monoisotopic (exact) mass is 259 g/mol. The van der Waals surface area contributed by atoms with E-state index in [0.717, 1.165) is 44.8 Å². The summed E-state index contributed by atoms with van der Waals surface area (Å²) >= 11 is 0. The van der Waals surface area contributed by atoms with Gasteiger partial charge < -0.3 is 14.6 Å². The minimum Gasteiger partial charge on any atom is -0.381 e. The van der Waals surface area contributed by atoms with Gasteiger partial charge >= 0.3 is 0 Å². The van der Waals surface area contributed by atoms with Gasteiger partial charge in [0.05, 0.1) is 24.0 Å². The molecule has 0 aliphatic carbocycles. The van der Waals surface area contributed by atoms with Crippen LogP contribution >= 0.6 is 0 Å². The molecule has 3 rings (SSSR count). The van der Waals surface area contributed by atoms with Gasteiger partial charge in [0.2, 0.25) is 0 Å². The van der Waals surface area contributed by atoms with Crippen molar-refractivity contribution >= 4 is 11.0 Å². The molecular formula is C15H21N3O. The van der Waals surface area contributed by atoms with Gasteiger partial charge in [-0.1, -0.05) is 12.1 Å². The molecule has 102 valence electrons. The van der Waals surface area contributed by atoms with Crippen molar-refractivity contribution in [3.63, 3.8) is 0 Å². The molecule has 0 amide bonds. The van der Waals surface area contributed by atoms with E-state index in [1.165, 1.54) is 11.9 Å². The minimum atomic E-state index is 0.717. The lowest BCUT2D eigenvalue weighted by Gasteiger charge is -2.09. The maximum atomic E-state index is 5.37. The van der Waals surface area contributed by atoms with Crippen LogP contribution < -0.4 is 5.32 Å². The smallest absolute Gasteiger partial charge is 0.0958 e. The Balaban J connectivity index is 1.42. The van der Waals surface area contributed by atoms with E-state index < -0.39 is 0 Å². The van der Waals surface area contributed by atoms with E-state index in [9.17, 15) is 0 Å². The number of aromatic nitrogens is 2. The Morgan fingerprint density at radius 3 is 3.21 bits per heavy atom. The number of aryl methyl sites for hydroxylation is 1. The minimum absolute atomic E-state index is 0.717. The lowest BCUT2D eigenvalue weighted by Crippen LogP contribution is -2.24. The zero-order valence-electron chi connectivity index (χ0n) is 11.2. The summed E-state index contributed by atoms with van der Waals surface area (Å²) in [5.41, 5.74) is 2.31. The molecule has 1 N–H and O–H groups in total. The molecule has 1 unspecified atom stereocenters. The lowest BCUT2D eigenvalue weighted by atomic mass is 10.1. The SMILES string of the molecule is c1ccc2c(c1)ncn2CCCNCC1CCOC1. The molecule has 1 aliphatic heterocycles. The molecule has 1 aromatic carbocycles. The predicted octanol–water partition coefficient (Wildman–Crippen LogP) is 2.05. The Bertz CT molecular complexity index is 517. The summed E-state index contributed by atoms with van der Waals surface area (Å²) in [6, 6.07) is 8.29. The highest BCUT2D eigenvalue weighted by Crippen LogP contribution is 2.12. The maximum absolute atomic E-state index is 5.37. The van der Waals surface area contributed by atoms with Crippen molar-refractivity contribution in [3.8, 4) is 0 Å². The van der Waals surface area contributed by atoms with Gasteiger partial charge in [-0.05, 0) is 37.4 Å².